The fourth-order valence-electron chi connectivity index (χ4n) is 2.58. The van der Waals surface area contributed by atoms with Crippen molar-refractivity contribution in [2.24, 2.45) is 0 Å². The summed E-state index contributed by atoms with van der Waals surface area (Å²) in [6, 6.07) is 7.86. The van der Waals surface area contributed by atoms with Crippen LogP contribution < -0.4 is 0 Å². The Balaban J connectivity index is 2.31. The van der Waals surface area contributed by atoms with Gasteiger partial charge in [0.25, 0.3) is 0 Å². The number of nitrogens with zero attached hydrogens (tertiary/aromatic N) is 2. The Kier molecular flexibility index (Phi) is 3.38. The molecule has 1 aromatic carbocycles. The molecule has 0 aliphatic carbocycles. The summed E-state index contributed by atoms with van der Waals surface area (Å²) in [5.74, 6) is -0.225. The van der Waals surface area contributed by atoms with Crippen LogP contribution >= 0.6 is 0 Å². The van der Waals surface area contributed by atoms with E-state index in [1.807, 2.05) is 30.3 Å². The predicted molar refractivity (Wildman–Crippen MR) is 62.4 cm³/mol. The van der Waals surface area contributed by atoms with E-state index < -0.39 is 18.8 Å². The first-order valence-electron chi connectivity index (χ1n) is 5.59. The van der Waals surface area contributed by atoms with Gasteiger partial charge in [0.2, 0.25) is 6.04 Å². The molecule has 4 nitrogen and oxygen atoms in total. The standard InChI is InChI=1S/C12H15FN2O2/c1-14-8-10(9-5-3-2-4-6-9)12(15(16)17)11(14)7-13/h2-6,10-12H,7-8H2,1H3/t10-,11?,12?/m1/s1. The molecule has 0 saturated carbocycles. The quantitative estimate of drug-likeness (QED) is 0.594. The molecule has 92 valence electrons. The normalized spacial score (nSPS) is 29.4. The molecular weight excluding hydrogens is 223 g/mol. The van der Waals surface area contributed by atoms with Crippen molar-refractivity contribution in [1.82, 2.24) is 4.90 Å². The largest absolute Gasteiger partial charge is 0.294 e. The number of nitro groups is 1. The summed E-state index contributed by atoms with van der Waals surface area (Å²) >= 11 is 0. The minimum Gasteiger partial charge on any atom is -0.294 e. The van der Waals surface area contributed by atoms with Gasteiger partial charge in [0, 0.05) is 11.5 Å². The van der Waals surface area contributed by atoms with Crippen molar-refractivity contribution < 1.29 is 9.31 Å². The number of benzene rings is 1. The number of likely N-dealkylation sites (tertiary alicyclic amines) is 1. The minimum atomic E-state index is -0.854. The van der Waals surface area contributed by atoms with Crippen molar-refractivity contribution in [2.75, 3.05) is 20.3 Å². The van der Waals surface area contributed by atoms with Gasteiger partial charge < -0.3 is 0 Å². The van der Waals surface area contributed by atoms with Gasteiger partial charge in [-0.1, -0.05) is 30.3 Å². The molecule has 2 rings (SSSR count). The number of halogens is 1. The lowest BCUT2D eigenvalue weighted by atomic mass is 9.92. The van der Waals surface area contributed by atoms with E-state index in [0.717, 1.165) is 5.56 Å². The van der Waals surface area contributed by atoms with Gasteiger partial charge in [-0.25, -0.2) is 4.39 Å². The molecule has 2 unspecified atom stereocenters. The van der Waals surface area contributed by atoms with Gasteiger partial charge in [0.05, 0.1) is 5.92 Å². The lowest BCUT2D eigenvalue weighted by Crippen LogP contribution is -2.39. The van der Waals surface area contributed by atoms with Crippen LogP contribution in [-0.4, -0.2) is 42.2 Å². The van der Waals surface area contributed by atoms with Gasteiger partial charge in [-0.05, 0) is 12.6 Å². The van der Waals surface area contributed by atoms with Crippen LogP contribution in [0.4, 0.5) is 4.39 Å². The Morgan fingerprint density at radius 2 is 2.12 bits per heavy atom. The van der Waals surface area contributed by atoms with E-state index >= 15 is 0 Å². The summed E-state index contributed by atoms with van der Waals surface area (Å²) in [5, 5.41) is 11.1. The summed E-state index contributed by atoms with van der Waals surface area (Å²) in [5.41, 5.74) is 0.914. The highest BCUT2D eigenvalue weighted by molar-refractivity contribution is 5.23. The molecule has 5 heteroatoms. The average Bonchev–Trinajstić information content (AvgIpc) is 2.67. The second-order valence-electron chi connectivity index (χ2n) is 4.45. The first-order valence-corrected chi connectivity index (χ1v) is 5.59. The first kappa shape index (κ1) is 12.0. The highest BCUT2D eigenvalue weighted by atomic mass is 19.1. The molecule has 1 aliphatic rings. The van der Waals surface area contributed by atoms with E-state index in [1.165, 1.54) is 0 Å². The van der Waals surface area contributed by atoms with Crippen molar-refractivity contribution in [3.8, 4) is 0 Å². The van der Waals surface area contributed by atoms with Crippen molar-refractivity contribution in [3.05, 3.63) is 46.0 Å². The summed E-state index contributed by atoms with van der Waals surface area (Å²) < 4.78 is 12.9. The SMILES string of the molecule is CN1C[C@H](c2ccccc2)C([N+](=O)[O-])C1CF. The fourth-order valence-corrected chi connectivity index (χ4v) is 2.58. The maximum Gasteiger partial charge on any atom is 0.238 e. The zero-order chi connectivity index (χ0) is 12.4. The highest BCUT2D eigenvalue weighted by Gasteiger charge is 2.48. The molecule has 0 radical (unpaired) electrons. The molecular formula is C12H15FN2O2. The Bertz CT molecular complexity index is 399. The first-order chi connectivity index (χ1) is 8.15. The van der Waals surface area contributed by atoms with Crippen molar-refractivity contribution in [2.45, 2.75) is 18.0 Å². The van der Waals surface area contributed by atoms with E-state index in [9.17, 15) is 14.5 Å². The van der Waals surface area contributed by atoms with Crippen LogP contribution in [0.2, 0.25) is 0 Å². The summed E-state index contributed by atoms with van der Waals surface area (Å²) in [4.78, 5) is 12.5. The third-order valence-electron chi connectivity index (χ3n) is 3.49. The van der Waals surface area contributed by atoms with Crippen LogP contribution in [0.25, 0.3) is 0 Å². The molecule has 1 aromatic rings. The van der Waals surface area contributed by atoms with Crippen molar-refractivity contribution >= 4 is 0 Å². The highest BCUT2D eigenvalue weighted by Crippen LogP contribution is 2.33. The van der Waals surface area contributed by atoms with E-state index in [2.05, 4.69) is 0 Å². The van der Waals surface area contributed by atoms with E-state index in [0.29, 0.717) is 6.54 Å². The van der Waals surface area contributed by atoms with Gasteiger partial charge in [0.1, 0.15) is 12.7 Å². The Morgan fingerprint density at radius 3 is 2.65 bits per heavy atom. The molecule has 17 heavy (non-hydrogen) atoms. The number of hydrogen-bond acceptors (Lipinski definition) is 3. The van der Waals surface area contributed by atoms with Crippen LogP contribution in [0, 0.1) is 10.1 Å². The maximum atomic E-state index is 12.9. The van der Waals surface area contributed by atoms with Crippen LogP contribution in [0.15, 0.2) is 30.3 Å². The predicted octanol–water partition coefficient (Wildman–Crippen LogP) is 1.70. The topological polar surface area (TPSA) is 46.4 Å². The van der Waals surface area contributed by atoms with Gasteiger partial charge in [0.15, 0.2) is 0 Å². The third-order valence-corrected chi connectivity index (χ3v) is 3.49. The molecule has 1 fully saturated rings. The minimum absolute atomic E-state index is 0.225. The smallest absolute Gasteiger partial charge is 0.238 e. The Labute approximate surface area is 99.2 Å². The molecule has 1 heterocycles. The van der Waals surface area contributed by atoms with Gasteiger partial charge in [-0.15, -0.1) is 0 Å². The molecule has 0 amide bonds. The lowest BCUT2D eigenvalue weighted by Gasteiger charge is -2.16. The molecule has 0 N–H and O–H groups in total. The summed E-state index contributed by atoms with van der Waals surface area (Å²) in [6.45, 7) is -0.143. The zero-order valence-corrected chi connectivity index (χ0v) is 9.62. The van der Waals surface area contributed by atoms with Crippen molar-refractivity contribution in [3.63, 3.8) is 0 Å². The number of alkyl halides is 1. The monoisotopic (exact) mass is 238 g/mol. The fraction of sp³-hybridized carbons (Fsp3) is 0.500. The number of rotatable bonds is 3. The Morgan fingerprint density at radius 1 is 1.47 bits per heavy atom. The van der Waals surface area contributed by atoms with Gasteiger partial charge in [-0.2, -0.15) is 0 Å². The molecule has 1 saturated heterocycles. The van der Waals surface area contributed by atoms with Gasteiger partial charge in [-0.3, -0.25) is 15.0 Å². The lowest BCUT2D eigenvalue weighted by molar-refractivity contribution is -0.527. The van der Waals surface area contributed by atoms with Crippen LogP contribution in [0.1, 0.15) is 11.5 Å². The van der Waals surface area contributed by atoms with Crippen molar-refractivity contribution in [1.29, 1.82) is 0 Å². The third kappa shape index (κ3) is 2.15. The molecule has 0 aromatic heterocycles. The van der Waals surface area contributed by atoms with Crippen LogP contribution in [0.3, 0.4) is 0 Å². The summed E-state index contributed by atoms with van der Waals surface area (Å²) in [6.07, 6.45) is 0. The average molecular weight is 238 g/mol. The second kappa shape index (κ2) is 4.79. The van der Waals surface area contributed by atoms with E-state index in [4.69, 9.17) is 0 Å². The summed E-state index contributed by atoms with van der Waals surface area (Å²) in [7, 11) is 1.74. The number of likely N-dealkylation sites (N-methyl/N-ethyl adjacent to an activating group) is 1. The molecule has 0 spiro atoms. The second-order valence-corrected chi connectivity index (χ2v) is 4.45. The molecule has 1 aliphatic heterocycles. The van der Waals surface area contributed by atoms with E-state index in [-0.39, 0.29) is 10.8 Å². The zero-order valence-electron chi connectivity index (χ0n) is 9.62. The van der Waals surface area contributed by atoms with Gasteiger partial charge >= 0.3 is 0 Å². The molecule has 3 atom stereocenters. The van der Waals surface area contributed by atoms with Crippen LogP contribution in [-0.2, 0) is 0 Å². The van der Waals surface area contributed by atoms with E-state index in [1.54, 1.807) is 11.9 Å². The molecule has 0 bridgehead atoms. The maximum absolute atomic E-state index is 12.9. The van der Waals surface area contributed by atoms with Crippen LogP contribution in [0.5, 0.6) is 0 Å². The number of hydrogen-bond donors (Lipinski definition) is 0. The Hall–Kier alpha value is -1.49.